The van der Waals surface area contributed by atoms with E-state index in [1.54, 1.807) is 48.5 Å². The Balaban J connectivity index is 1.36. The second-order valence-corrected chi connectivity index (χ2v) is 10.5. The highest BCUT2D eigenvalue weighted by Crippen LogP contribution is 2.25. The Morgan fingerprint density at radius 2 is 1.50 bits per heavy atom. The third-order valence-corrected chi connectivity index (χ3v) is 8.08. The Bertz CT molecular complexity index is 970. The van der Waals surface area contributed by atoms with E-state index in [0.29, 0.717) is 22.1 Å². The number of sulfone groups is 1. The number of nitrogens with zero attached hydrogens (tertiary/aromatic N) is 2. The van der Waals surface area contributed by atoms with Crippen LogP contribution in [0.3, 0.4) is 0 Å². The number of hydrogen-bond donors (Lipinski definition) is 0. The van der Waals surface area contributed by atoms with Crippen LogP contribution in [0.5, 0.6) is 0 Å². The van der Waals surface area contributed by atoms with Gasteiger partial charge in [-0.15, -0.1) is 0 Å². The van der Waals surface area contributed by atoms with Crippen LogP contribution in [0.4, 0.5) is 0 Å². The number of carbonyl (C=O) groups is 1. The van der Waals surface area contributed by atoms with Gasteiger partial charge in [0.1, 0.15) is 0 Å². The maximum Gasteiger partial charge on any atom is 0.253 e. The third kappa shape index (κ3) is 4.76. The molecule has 6 heteroatoms. The molecule has 4 rings (SSSR count). The molecule has 1 aliphatic carbocycles. The van der Waals surface area contributed by atoms with Gasteiger partial charge in [-0.1, -0.05) is 42.7 Å². The normalized spacial score (nSPS) is 18.6. The molecule has 0 aromatic heterocycles. The largest absolute Gasteiger partial charge is 0.336 e. The lowest BCUT2D eigenvalue weighted by Gasteiger charge is -2.38. The summed E-state index contributed by atoms with van der Waals surface area (Å²) in [5.74, 6) is -0.0288. The zero-order valence-electron chi connectivity index (χ0n) is 17.6. The van der Waals surface area contributed by atoms with Gasteiger partial charge >= 0.3 is 0 Å². The SMILES string of the molecule is Cc1ccc(S(=O)(=O)Cc2ccc(C(=O)N3CCN(C4CCCC4)CC3)cc2)cc1. The van der Waals surface area contributed by atoms with Gasteiger partial charge in [0.15, 0.2) is 9.84 Å². The second kappa shape index (κ2) is 8.90. The highest BCUT2D eigenvalue weighted by atomic mass is 32.2. The molecule has 5 nitrogen and oxygen atoms in total. The van der Waals surface area contributed by atoms with Crippen molar-refractivity contribution in [2.24, 2.45) is 0 Å². The van der Waals surface area contributed by atoms with E-state index in [9.17, 15) is 13.2 Å². The van der Waals surface area contributed by atoms with Gasteiger partial charge in [0.05, 0.1) is 10.6 Å². The number of carbonyl (C=O) groups excluding carboxylic acids is 1. The maximum absolute atomic E-state index is 12.9. The standard InChI is InChI=1S/C24H30N2O3S/c1-19-6-12-23(13-7-19)30(28,29)18-20-8-10-21(11-9-20)24(27)26-16-14-25(15-17-26)22-4-2-3-5-22/h6-13,22H,2-5,14-18H2,1H3. The Morgan fingerprint density at radius 3 is 2.10 bits per heavy atom. The fourth-order valence-corrected chi connectivity index (χ4v) is 5.88. The smallest absolute Gasteiger partial charge is 0.253 e. The molecule has 30 heavy (non-hydrogen) atoms. The highest BCUT2D eigenvalue weighted by Gasteiger charge is 2.28. The van der Waals surface area contributed by atoms with Crippen molar-refractivity contribution < 1.29 is 13.2 Å². The average Bonchev–Trinajstić information content (AvgIpc) is 3.29. The van der Waals surface area contributed by atoms with E-state index < -0.39 is 9.84 Å². The molecule has 1 saturated carbocycles. The minimum Gasteiger partial charge on any atom is -0.336 e. The first-order valence-corrected chi connectivity index (χ1v) is 12.5. The van der Waals surface area contributed by atoms with E-state index in [0.717, 1.165) is 31.7 Å². The molecule has 2 aromatic rings. The number of piperazine rings is 1. The van der Waals surface area contributed by atoms with Gasteiger partial charge < -0.3 is 4.90 Å². The van der Waals surface area contributed by atoms with Crippen LogP contribution in [0.1, 0.15) is 47.2 Å². The number of rotatable bonds is 5. The van der Waals surface area contributed by atoms with Crippen LogP contribution in [0.15, 0.2) is 53.4 Å². The Hall–Kier alpha value is -2.18. The highest BCUT2D eigenvalue weighted by molar-refractivity contribution is 7.90. The predicted octanol–water partition coefficient (Wildman–Crippen LogP) is 3.67. The molecule has 0 bridgehead atoms. The lowest BCUT2D eigenvalue weighted by Crippen LogP contribution is -2.51. The summed E-state index contributed by atoms with van der Waals surface area (Å²) >= 11 is 0. The van der Waals surface area contributed by atoms with Crippen LogP contribution in [0, 0.1) is 6.92 Å². The fourth-order valence-electron chi connectivity index (χ4n) is 4.53. The Labute approximate surface area is 179 Å². The first-order valence-electron chi connectivity index (χ1n) is 10.8. The molecular weight excluding hydrogens is 396 g/mol. The van der Waals surface area contributed by atoms with Crippen molar-refractivity contribution in [1.29, 1.82) is 0 Å². The van der Waals surface area contributed by atoms with E-state index in [4.69, 9.17) is 0 Å². The summed E-state index contributed by atoms with van der Waals surface area (Å²) in [6.07, 6.45) is 5.24. The van der Waals surface area contributed by atoms with Crippen molar-refractivity contribution in [1.82, 2.24) is 9.80 Å². The van der Waals surface area contributed by atoms with Crippen LogP contribution >= 0.6 is 0 Å². The molecule has 0 radical (unpaired) electrons. The summed E-state index contributed by atoms with van der Waals surface area (Å²) in [4.78, 5) is 17.7. The summed E-state index contributed by atoms with van der Waals surface area (Å²) in [6, 6.07) is 14.6. The van der Waals surface area contributed by atoms with Crippen LogP contribution in [-0.4, -0.2) is 56.3 Å². The quantitative estimate of drug-likeness (QED) is 0.732. The number of amides is 1. The Morgan fingerprint density at radius 1 is 0.900 bits per heavy atom. The molecule has 1 amide bonds. The molecule has 1 aliphatic heterocycles. The van der Waals surface area contributed by atoms with Crippen molar-refractivity contribution >= 4 is 15.7 Å². The van der Waals surface area contributed by atoms with Gasteiger partial charge in [0, 0.05) is 37.8 Å². The minimum atomic E-state index is -3.40. The predicted molar refractivity (Wildman–Crippen MR) is 118 cm³/mol. The van der Waals surface area contributed by atoms with E-state index in [-0.39, 0.29) is 11.7 Å². The van der Waals surface area contributed by atoms with Crippen molar-refractivity contribution in [3.8, 4) is 0 Å². The summed E-state index contributed by atoms with van der Waals surface area (Å²) < 4.78 is 25.3. The minimum absolute atomic E-state index is 0.0361. The second-order valence-electron chi connectivity index (χ2n) is 8.54. The van der Waals surface area contributed by atoms with Crippen LogP contribution in [0.25, 0.3) is 0 Å². The van der Waals surface area contributed by atoms with Crippen molar-refractivity contribution in [3.63, 3.8) is 0 Å². The van der Waals surface area contributed by atoms with Crippen molar-refractivity contribution in [2.45, 2.75) is 49.3 Å². The first kappa shape index (κ1) is 21.1. The molecule has 2 aromatic carbocycles. The molecule has 1 heterocycles. The van der Waals surface area contributed by atoms with Crippen LogP contribution in [-0.2, 0) is 15.6 Å². The molecule has 0 atom stereocenters. The zero-order chi connectivity index (χ0) is 21.1. The van der Waals surface area contributed by atoms with Crippen molar-refractivity contribution in [2.75, 3.05) is 26.2 Å². The van der Waals surface area contributed by atoms with E-state index in [1.807, 2.05) is 11.8 Å². The molecule has 0 N–H and O–H groups in total. The summed E-state index contributed by atoms with van der Waals surface area (Å²) in [7, 11) is -3.40. The summed E-state index contributed by atoms with van der Waals surface area (Å²) in [5, 5.41) is 0. The Kier molecular flexibility index (Phi) is 6.25. The van der Waals surface area contributed by atoms with Crippen LogP contribution in [0.2, 0.25) is 0 Å². The third-order valence-electron chi connectivity index (χ3n) is 6.38. The lowest BCUT2D eigenvalue weighted by molar-refractivity contribution is 0.0573. The van der Waals surface area contributed by atoms with Gasteiger partial charge in [0.25, 0.3) is 5.91 Å². The molecule has 1 saturated heterocycles. The molecule has 2 fully saturated rings. The van der Waals surface area contributed by atoms with Gasteiger partial charge in [-0.25, -0.2) is 8.42 Å². The number of benzene rings is 2. The summed E-state index contributed by atoms with van der Waals surface area (Å²) in [5.41, 5.74) is 2.35. The van der Waals surface area contributed by atoms with Crippen molar-refractivity contribution in [3.05, 3.63) is 65.2 Å². The first-order chi connectivity index (χ1) is 14.4. The topological polar surface area (TPSA) is 57.7 Å². The van der Waals surface area contributed by atoms with Gasteiger partial charge in [-0.05, 0) is 49.6 Å². The van der Waals surface area contributed by atoms with E-state index in [1.165, 1.54) is 25.7 Å². The average molecular weight is 427 g/mol. The number of aryl methyl sites for hydroxylation is 1. The van der Waals surface area contributed by atoms with Gasteiger partial charge in [-0.3, -0.25) is 9.69 Å². The molecule has 2 aliphatic rings. The zero-order valence-corrected chi connectivity index (χ0v) is 18.4. The van der Waals surface area contributed by atoms with E-state index >= 15 is 0 Å². The summed E-state index contributed by atoms with van der Waals surface area (Å²) in [6.45, 7) is 5.35. The fraction of sp³-hybridized carbons (Fsp3) is 0.458. The maximum atomic E-state index is 12.9. The van der Waals surface area contributed by atoms with Gasteiger partial charge in [0.2, 0.25) is 0 Å². The van der Waals surface area contributed by atoms with E-state index in [2.05, 4.69) is 4.90 Å². The van der Waals surface area contributed by atoms with Gasteiger partial charge in [-0.2, -0.15) is 0 Å². The molecular formula is C24H30N2O3S. The lowest BCUT2D eigenvalue weighted by atomic mass is 10.1. The molecule has 160 valence electrons. The molecule has 0 spiro atoms. The monoisotopic (exact) mass is 426 g/mol. The number of hydrogen-bond acceptors (Lipinski definition) is 4. The van der Waals surface area contributed by atoms with Crippen LogP contribution < -0.4 is 0 Å². The molecule has 0 unspecified atom stereocenters.